The van der Waals surface area contributed by atoms with Gasteiger partial charge >= 0.3 is 5.97 Å². The Morgan fingerprint density at radius 1 is 1.38 bits per heavy atom. The quantitative estimate of drug-likeness (QED) is 0.862. The van der Waals surface area contributed by atoms with Gasteiger partial charge in [-0.05, 0) is 51.5 Å². The van der Waals surface area contributed by atoms with Crippen molar-refractivity contribution < 1.29 is 19.4 Å². The number of rotatable bonds is 4. The summed E-state index contributed by atoms with van der Waals surface area (Å²) in [4.78, 5) is 10.6. The van der Waals surface area contributed by atoms with Crippen LogP contribution in [0.15, 0.2) is 30.3 Å². The summed E-state index contributed by atoms with van der Waals surface area (Å²) < 4.78 is 12.1. The molecule has 1 saturated heterocycles. The van der Waals surface area contributed by atoms with Crippen molar-refractivity contribution in [2.45, 2.75) is 51.4 Å². The van der Waals surface area contributed by atoms with Crippen molar-refractivity contribution in [3.63, 3.8) is 0 Å². The van der Waals surface area contributed by atoms with Crippen molar-refractivity contribution in [3.05, 3.63) is 35.9 Å². The van der Waals surface area contributed by atoms with Crippen molar-refractivity contribution in [2.75, 3.05) is 0 Å². The van der Waals surface area contributed by atoms with E-state index in [0.717, 1.165) is 23.8 Å². The number of benzene rings is 1. The van der Waals surface area contributed by atoms with Crippen LogP contribution in [0.25, 0.3) is 6.08 Å². The van der Waals surface area contributed by atoms with Gasteiger partial charge in [0.15, 0.2) is 0 Å². The van der Waals surface area contributed by atoms with Gasteiger partial charge in [0.25, 0.3) is 0 Å². The Labute approximate surface area is 125 Å². The predicted octanol–water partition coefficient (Wildman–Crippen LogP) is 3.51. The summed E-state index contributed by atoms with van der Waals surface area (Å²) in [5, 5.41) is 8.67. The van der Waals surface area contributed by atoms with Crippen molar-refractivity contribution in [3.8, 4) is 5.75 Å². The van der Waals surface area contributed by atoms with E-state index in [4.69, 9.17) is 14.6 Å². The molecule has 0 bridgehead atoms. The van der Waals surface area contributed by atoms with Gasteiger partial charge in [0.1, 0.15) is 17.5 Å². The highest BCUT2D eigenvalue weighted by molar-refractivity contribution is 5.85. The molecule has 0 radical (unpaired) electrons. The van der Waals surface area contributed by atoms with Gasteiger partial charge in [0.2, 0.25) is 0 Å². The maximum absolute atomic E-state index is 10.6. The fourth-order valence-corrected chi connectivity index (χ4v) is 2.72. The van der Waals surface area contributed by atoms with Crippen molar-refractivity contribution in [1.82, 2.24) is 0 Å². The van der Waals surface area contributed by atoms with Gasteiger partial charge < -0.3 is 14.6 Å². The number of carboxylic acids is 1. The summed E-state index contributed by atoms with van der Waals surface area (Å²) >= 11 is 0. The van der Waals surface area contributed by atoms with E-state index in [-0.39, 0.29) is 17.3 Å². The molecule has 1 aliphatic rings. The zero-order valence-corrected chi connectivity index (χ0v) is 12.9. The third kappa shape index (κ3) is 4.08. The van der Waals surface area contributed by atoms with Crippen LogP contribution in [0.5, 0.6) is 5.75 Å². The molecule has 1 atom stereocenters. The first-order chi connectivity index (χ1) is 9.68. The molecule has 114 valence electrons. The topological polar surface area (TPSA) is 55.8 Å². The Hall–Kier alpha value is -1.81. The normalized spacial score (nSPS) is 23.3. The van der Waals surface area contributed by atoms with Crippen LogP contribution in [0.3, 0.4) is 0 Å². The zero-order valence-electron chi connectivity index (χ0n) is 12.9. The summed E-state index contributed by atoms with van der Waals surface area (Å²) in [6.07, 6.45) is 3.45. The van der Waals surface area contributed by atoms with Gasteiger partial charge in [-0.15, -0.1) is 0 Å². The van der Waals surface area contributed by atoms with Gasteiger partial charge in [-0.3, -0.25) is 0 Å². The minimum atomic E-state index is -0.964. The largest absolute Gasteiger partial charge is 0.487 e. The summed E-state index contributed by atoms with van der Waals surface area (Å²) in [6, 6.07) is 7.40. The molecule has 0 aliphatic carbocycles. The number of hydrogen-bond acceptors (Lipinski definition) is 3. The lowest BCUT2D eigenvalue weighted by atomic mass is 9.97. The standard InChI is InChI=1S/C17H22O4/c1-16(2)11-14(17(3,4)21-16)20-13-7-5-6-12(10-13)8-9-15(18)19/h5-10,14H,11H2,1-4H3,(H,18,19)/b9-8+. The SMILES string of the molecule is CC1(C)CC(Oc2cccc(/C=C/C(=O)O)c2)C(C)(C)O1. The number of hydrogen-bond donors (Lipinski definition) is 1. The fraction of sp³-hybridized carbons (Fsp3) is 0.471. The first kappa shape index (κ1) is 15.6. The number of carboxylic acid groups (broad SMARTS) is 1. The molecule has 1 aromatic carbocycles. The molecular formula is C17H22O4. The second-order valence-corrected chi connectivity index (χ2v) is 6.52. The molecule has 1 heterocycles. The zero-order chi connectivity index (χ0) is 15.7. The molecule has 1 fully saturated rings. The molecule has 0 amide bonds. The van der Waals surface area contributed by atoms with Crippen molar-refractivity contribution >= 4 is 12.0 Å². The van der Waals surface area contributed by atoms with Crippen molar-refractivity contribution in [2.24, 2.45) is 0 Å². The highest BCUT2D eigenvalue weighted by atomic mass is 16.6. The van der Waals surface area contributed by atoms with E-state index in [2.05, 4.69) is 13.8 Å². The Kier molecular flexibility index (Phi) is 4.10. The highest BCUT2D eigenvalue weighted by Crippen LogP contribution is 2.39. The first-order valence-electron chi connectivity index (χ1n) is 7.06. The van der Waals surface area contributed by atoms with E-state index in [1.807, 2.05) is 38.1 Å². The van der Waals surface area contributed by atoms with Gasteiger partial charge in [0.05, 0.1) is 5.60 Å². The van der Waals surface area contributed by atoms with Crippen LogP contribution in [0.1, 0.15) is 39.7 Å². The second kappa shape index (κ2) is 5.53. The van der Waals surface area contributed by atoms with E-state index >= 15 is 0 Å². The Bertz CT molecular complexity index is 558. The third-order valence-electron chi connectivity index (χ3n) is 3.55. The van der Waals surface area contributed by atoms with Gasteiger partial charge in [0, 0.05) is 12.5 Å². The van der Waals surface area contributed by atoms with Gasteiger partial charge in [-0.25, -0.2) is 4.79 Å². The Morgan fingerprint density at radius 2 is 2.10 bits per heavy atom. The van der Waals surface area contributed by atoms with Crippen LogP contribution in [0.4, 0.5) is 0 Å². The van der Waals surface area contributed by atoms with Crippen LogP contribution in [0, 0.1) is 0 Å². The van der Waals surface area contributed by atoms with E-state index in [0.29, 0.717) is 0 Å². The summed E-state index contributed by atoms with van der Waals surface area (Å²) in [5.41, 5.74) is 0.247. The lowest BCUT2D eigenvalue weighted by molar-refractivity contribution is -0.131. The maximum atomic E-state index is 10.6. The van der Waals surface area contributed by atoms with E-state index in [9.17, 15) is 4.79 Å². The van der Waals surface area contributed by atoms with Crippen molar-refractivity contribution in [1.29, 1.82) is 0 Å². The van der Waals surface area contributed by atoms with Gasteiger partial charge in [-0.2, -0.15) is 0 Å². The van der Waals surface area contributed by atoms with Crippen LogP contribution in [-0.2, 0) is 9.53 Å². The van der Waals surface area contributed by atoms with Crippen LogP contribution < -0.4 is 4.74 Å². The lowest BCUT2D eigenvalue weighted by Crippen LogP contribution is -2.36. The van der Waals surface area contributed by atoms with E-state index < -0.39 is 5.97 Å². The smallest absolute Gasteiger partial charge is 0.328 e. The van der Waals surface area contributed by atoms with E-state index in [1.165, 1.54) is 0 Å². The molecule has 0 aromatic heterocycles. The molecule has 1 N–H and O–H groups in total. The average molecular weight is 290 g/mol. The predicted molar refractivity (Wildman–Crippen MR) is 81.4 cm³/mol. The summed E-state index contributed by atoms with van der Waals surface area (Å²) in [5.74, 6) is -0.240. The molecule has 1 aromatic rings. The van der Waals surface area contributed by atoms with E-state index in [1.54, 1.807) is 6.08 Å². The molecule has 4 nitrogen and oxygen atoms in total. The average Bonchev–Trinajstić information content (AvgIpc) is 2.55. The lowest BCUT2D eigenvalue weighted by Gasteiger charge is -2.27. The molecule has 1 aliphatic heterocycles. The minimum Gasteiger partial charge on any atom is -0.487 e. The van der Waals surface area contributed by atoms with Crippen LogP contribution >= 0.6 is 0 Å². The molecule has 21 heavy (non-hydrogen) atoms. The summed E-state index contributed by atoms with van der Waals surface area (Å²) in [6.45, 7) is 8.18. The minimum absolute atomic E-state index is 0.0359. The number of carbonyl (C=O) groups is 1. The first-order valence-corrected chi connectivity index (χ1v) is 7.06. The van der Waals surface area contributed by atoms with Crippen LogP contribution in [0.2, 0.25) is 0 Å². The monoisotopic (exact) mass is 290 g/mol. The fourth-order valence-electron chi connectivity index (χ4n) is 2.72. The molecule has 1 unspecified atom stereocenters. The Morgan fingerprint density at radius 3 is 2.67 bits per heavy atom. The summed E-state index contributed by atoms with van der Waals surface area (Å²) in [7, 11) is 0. The molecular weight excluding hydrogens is 268 g/mol. The maximum Gasteiger partial charge on any atom is 0.328 e. The highest BCUT2D eigenvalue weighted by Gasteiger charge is 2.47. The van der Waals surface area contributed by atoms with Crippen LogP contribution in [-0.4, -0.2) is 28.4 Å². The molecule has 0 saturated carbocycles. The molecule has 4 heteroatoms. The molecule has 0 spiro atoms. The number of aliphatic carboxylic acids is 1. The Balaban J connectivity index is 2.13. The second-order valence-electron chi connectivity index (χ2n) is 6.52. The third-order valence-corrected chi connectivity index (χ3v) is 3.55. The number of ether oxygens (including phenoxy) is 2. The van der Waals surface area contributed by atoms with Gasteiger partial charge in [-0.1, -0.05) is 12.1 Å². The molecule has 2 rings (SSSR count).